The molecule has 0 N–H and O–H groups in total. The fraction of sp³-hybridized carbons (Fsp3) is 0.0741. The van der Waals surface area contributed by atoms with Gasteiger partial charge in [-0.3, -0.25) is 13.8 Å². The number of hydrogen-bond acceptors (Lipinski definition) is 5. The van der Waals surface area contributed by atoms with Gasteiger partial charge in [-0.2, -0.15) is 0 Å². The Morgan fingerprint density at radius 3 is 1.64 bits per heavy atom. The molecule has 4 aromatic carbocycles. The zero-order valence-electron chi connectivity index (χ0n) is 17.9. The normalized spacial score (nSPS) is 11.2. The highest BCUT2D eigenvalue weighted by atomic mass is 31.2. The smallest absolute Gasteiger partial charge is 0.404 e. The minimum absolute atomic E-state index is 0.0511. The van der Waals surface area contributed by atoms with Crippen LogP contribution in [0, 0.1) is 0 Å². The zero-order valence-corrected chi connectivity index (χ0v) is 18.8. The molecule has 5 nitrogen and oxygen atoms in total. The molecule has 0 saturated heterocycles. The van der Waals surface area contributed by atoms with E-state index in [1.54, 1.807) is 48.5 Å². The average Bonchev–Trinajstić information content (AvgIpc) is 2.88. The van der Waals surface area contributed by atoms with Crippen molar-refractivity contribution >= 4 is 13.6 Å². The lowest BCUT2D eigenvalue weighted by Gasteiger charge is -2.19. The summed E-state index contributed by atoms with van der Waals surface area (Å²) in [5.41, 5.74) is 2.63. The van der Waals surface area contributed by atoms with Crippen molar-refractivity contribution in [2.75, 3.05) is 0 Å². The Bertz CT molecular complexity index is 1180. The van der Waals surface area contributed by atoms with E-state index < -0.39 is 7.82 Å². The maximum absolute atomic E-state index is 13.5. The highest BCUT2D eigenvalue weighted by Crippen LogP contribution is 2.51. The van der Waals surface area contributed by atoms with Gasteiger partial charge in [0.05, 0.1) is 13.2 Å². The van der Waals surface area contributed by atoms with E-state index in [-0.39, 0.29) is 24.7 Å². The summed E-state index contributed by atoms with van der Waals surface area (Å²) in [7, 11) is -4.01. The Morgan fingerprint density at radius 1 is 0.606 bits per heavy atom. The predicted molar refractivity (Wildman–Crippen MR) is 127 cm³/mol. The standard InChI is InChI=1S/C27H23O5P/c28-27(24-15-8-3-9-16-24)25-17-10-18-26(19-25)32-33(29,30-20-22-11-4-1-5-12-22)31-21-23-13-6-2-7-14-23/h1-19H,20-21H2. The van der Waals surface area contributed by atoms with Crippen LogP contribution in [0.1, 0.15) is 27.0 Å². The van der Waals surface area contributed by atoms with Crippen LogP contribution >= 0.6 is 7.82 Å². The maximum Gasteiger partial charge on any atom is 0.530 e. The third kappa shape index (κ3) is 6.50. The van der Waals surface area contributed by atoms with Crippen LogP contribution in [0.3, 0.4) is 0 Å². The molecule has 0 spiro atoms. The summed E-state index contributed by atoms with van der Waals surface area (Å²) in [6, 6.07) is 34.2. The van der Waals surface area contributed by atoms with Crippen LogP contribution in [-0.4, -0.2) is 5.78 Å². The second-order valence-corrected chi connectivity index (χ2v) is 8.87. The van der Waals surface area contributed by atoms with Gasteiger partial charge in [0, 0.05) is 11.1 Å². The van der Waals surface area contributed by atoms with E-state index in [1.807, 2.05) is 66.7 Å². The van der Waals surface area contributed by atoms with E-state index in [2.05, 4.69) is 0 Å². The van der Waals surface area contributed by atoms with Crippen molar-refractivity contribution in [1.29, 1.82) is 0 Å². The van der Waals surface area contributed by atoms with Gasteiger partial charge in [0.1, 0.15) is 5.75 Å². The van der Waals surface area contributed by atoms with E-state index in [1.165, 1.54) is 0 Å². The van der Waals surface area contributed by atoms with Crippen LogP contribution in [0.4, 0.5) is 0 Å². The van der Waals surface area contributed by atoms with Crippen molar-refractivity contribution in [3.8, 4) is 5.75 Å². The molecule has 33 heavy (non-hydrogen) atoms. The van der Waals surface area contributed by atoms with Crippen molar-refractivity contribution in [3.63, 3.8) is 0 Å². The number of carbonyl (C=O) groups is 1. The maximum atomic E-state index is 13.5. The molecule has 0 amide bonds. The summed E-state index contributed by atoms with van der Waals surface area (Å²) in [4.78, 5) is 12.8. The molecule has 0 heterocycles. The predicted octanol–water partition coefficient (Wildman–Crippen LogP) is 6.84. The first-order valence-corrected chi connectivity index (χ1v) is 11.9. The van der Waals surface area contributed by atoms with Gasteiger partial charge in [-0.1, -0.05) is 103 Å². The molecule has 4 aromatic rings. The number of benzene rings is 4. The van der Waals surface area contributed by atoms with Crippen molar-refractivity contribution in [2.45, 2.75) is 13.2 Å². The van der Waals surface area contributed by atoms with Crippen LogP contribution in [-0.2, 0) is 26.8 Å². The van der Waals surface area contributed by atoms with E-state index >= 15 is 0 Å². The van der Waals surface area contributed by atoms with Crippen LogP contribution in [0.15, 0.2) is 115 Å². The largest absolute Gasteiger partial charge is 0.530 e. The molecule has 0 bridgehead atoms. The lowest BCUT2D eigenvalue weighted by Crippen LogP contribution is -2.05. The quantitative estimate of drug-likeness (QED) is 0.192. The highest BCUT2D eigenvalue weighted by molar-refractivity contribution is 7.48. The molecule has 0 atom stereocenters. The molecule has 0 aliphatic rings. The summed E-state index contributed by atoms with van der Waals surface area (Å²) in [5, 5.41) is 0. The summed E-state index contributed by atoms with van der Waals surface area (Å²) >= 11 is 0. The molecule has 6 heteroatoms. The monoisotopic (exact) mass is 458 g/mol. The fourth-order valence-electron chi connectivity index (χ4n) is 3.13. The van der Waals surface area contributed by atoms with Crippen LogP contribution in [0.2, 0.25) is 0 Å². The lowest BCUT2D eigenvalue weighted by molar-refractivity contribution is 0.103. The Kier molecular flexibility index (Phi) is 7.48. The van der Waals surface area contributed by atoms with Gasteiger partial charge >= 0.3 is 7.82 Å². The van der Waals surface area contributed by atoms with Crippen molar-refractivity contribution < 1.29 is 22.9 Å². The number of phosphoric ester groups is 1. The third-order valence-electron chi connectivity index (χ3n) is 4.81. The van der Waals surface area contributed by atoms with E-state index in [9.17, 15) is 9.36 Å². The van der Waals surface area contributed by atoms with Crippen molar-refractivity contribution in [3.05, 3.63) is 138 Å². The summed E-state index contributed by atoms with van der Waals surface area (Å²) < 4.78 is 30.6. The average molecular weight is 458 g/mol. The topological polar surface area (TPSA) is 61.8 Å². The molecule has 0 fully saturated rings. The molecule has 4 rings (SSSR count). The van der Waals surface area contributed by atoms with E-state index in [0.717, 1.165) is 11.1 Å². The first kappa shape index (κ1) is 22.7. The number of carbonyl (C=O) groups excluding carboxylic acids is 1. The van der Waals surface area contributed by atoms with Gasteiger partial charge in [0.15, 0.2) is 5.78 Å². The van der Waals surface area contributed by atoms with Crippen molar-refractivity contribution in [1.82, 2.24) is 0 Å². The van der Waals surface area contributed by atoms with Gasteiger partial charge in [0.25, 0.3) is 0 Å². The SMILES string of the molecule is O=C(c1ccccc1)c1cccc(OP(=O)(OCc2ccccc2)OCc2ccccc2)c1. The molecule has 0 radical (unpaired) electrons. The van der Waals surface area contributed by atoms with Gasteiger partial charge < -0.3 is 4.52 Å². The number of phosphoric acid groups is 1. The van der Waals surface area contributed by atoms with Crippen LogP contribution < -0.4 is 4.52 Å². The molecule has 166 valence electrons. The van der Waals surface area contributed by atoms with E-state index in [4.69, 9.17) is 13.6 Å². The molecule has 0 aliphatic heterocycles. The first-order valence-electron chi connectivity index (χ1n) is 10.5. The van der Waals surface area contributed by atoms with Crippen LogP contribution in [0.25, 0.3) is 0 Å². The van der Waals surface area contributed by atoms with Crippen molar-refractivity contribution in [2.24, 2.45) is 0 Å². The second kappa shape index (κ2) is 10.9. The number of hydrogen-bond donors (Lipinski definition) is 0. The Morgan fingerprint density at radius 2 is 1.09 bits per heavy atom. The molecule has 0 unspecified atom stereocenters. The Balaban J connectivity index is 1.53. The van der Waals surface area contributed by atoms with Gasteiger partial charge in [-0.25, -0.2) is 4.57 Å². The minimum atomic E-state index is -4.01. The summed E-state index contributed by atoms with van der Waals surface area (Å²) in [6.07, 6.45) is 0. The summed E-state index contributed by atoms with van der Waals surface area (Å²) in [5.74, 6) is 0.0625. The van der Waals surface area contributed by atoms with E-state index in [0.29, 0.717) is 11.1 Å². The molecule has 0 aliphatic carbocycles. The second-order valence-electron chi connectivity index (χ2n) is 7.28. The minimum Gasteiger partial charge on any atom is -0.404 e. The Hall–Kier alpha value is -3.50. The molecular formula is C27H23O5P. The lowest BCUT2D eigenvalue weighted by atomic mass is 10.0. The van der Waals surface area contributed by atoms with Crippen LogP contribution in [0.5, 0.6) is 5.75 Å². The third-order valence-corrected chi connectivity index (χ3v) is 6.14. The van der Waals surface area contributed by atoms with Gasteiger partial charge in [-0.15, -0.1) is 0 Å². The molecule has 0 saturated carbocycles. The van der Waals surface area contributed by atoms with Gasteiger partial charge in [0.2, 0.25) is 0 Å². The fourth-order valence-corrected chi connectivity index (χ4v) is 4.29. The highest BCUT2D eigenvalue weighted by Gasteiger charge is 2.29. The zero-order chi connectivity index (χ0) is 22.9. The first-order chi connectivity index (χ1) is 16.1. The number of rotatable bonds is 10. The van der Waals surface area contributed by atoms with Gasteiger partial charge in [-0.05, 0) is 23.3 Å². The Labute approximate surface area is 193 Å². The molecular weight excluding hydrogens is 435 g/mol. The molecule has 0 aromatic heterocycles. The number of ketones is 1. The summed E-state index contributed by atoms with van der Waals surface area (Å²) in [6.45, 7) is 0.102.